The average Bonchev–Trinajstić information content (AvgIpc) is 3.12. The first-order valence-corrected chi connectivity index (χ1v) is 7.25. The molecular weight excluding hydrogens is 266 g/mol. The Bertz CT molecular complexity index is 474. The highest BCUT2D eigenvalue weighted by Crippen LogP contribution is 2.36. The second-order valence-corrected chi connectivity index (χ2v) is 5.45. The maximum absolute atomic E-state index is 12.3. The Morgan fingerprint density at radius 3 is 2.75 bits per heavy atom. The second-order valence-electron chi connectivity index (χ2n) is 4.89. The minimum atomic E-state index is 0.250. The lowest BCUT2D eigenvalue weighted by Gasteiger charge is -2.22. The fourth-order valence-corrected chi connectivity index (χ4v) is 3.11. The van der Waals surface area contributed by atoms with Gasteiger partial charge < -0.3 is 4.57 Å². The molecular formula is C13H16BrNO. The lowest BCUT2D eigenvalue weighted by atomic mass is 9.94. The molecule has 0 spiro atoms. The van der Waals surface area contributed by atoms with Crippen molar-refractivity contribution in [1.29, 1.82) is 0 Å². The van der Waals surface area contributed by atoms with Crippen LogP contribution in [0.5, 0.6) is 0 Å². The number of pyridine rings is 1. The predicted octanol–water partition coefficient (Wildman–Crippen LogP) is 2.96. The zero-order valence-corrected chi connectivity index (χ0v) is 10.9. The predicted molar refractivity (Wildman–Crippen MR) is 68.2 cm³/mol. The third-order valence-electron chi connectivity index (χ3n) is 3.67. The van der Waals surface area contributed by atoms with Crippen LogP contribution in [0.25, 0.3) is 0 Å². The third-order valence-corrected chi connectivity index (χ3v) is 4.27. The SMILES string of the molecule is O=c1c(CBr)cc2c(n1C1CC1)CCCC2. The number of hydrogen-bond donors (Lipinski definition) is 0. The molecule has 0 saturated heterocycles. The highest BCUT2D eigenvalue weighted by atomic mass is 79.9. The minimum Gasteiger partial charge on any atom is -0.309 e. The molecule has 1 aromatic rings. The van der Waals surface area contributed by atoms with E-state index in [0.29, 0.717) is 11.4 Å². The molecule has 0 bridgehead atoms. The molecule has 16 heavy (non-hydrogen) atoms. The van der Waals surface area contributed by atoms with Crippen LogP contribution in [0, 0.1) is 0 Å². The Hall–Kier alpha value is -0.570. The Balaban J connectivity index is 2.21. The average molecular weight is 282 g/mol. The number of fused-ring (bicyclic) bond motifs is 1. The van der Waals surface area contributed by atoms with Gasteiger partial charge in [-0.2, -0.15) is 0 Å². The molecule has 3 rings (SSSR count). The molecule has 0 unspecified atom stereocenters. The molecule has 1 fully saturated rings. The van der Waals surface area contributed by atoms with Gasteiger partial charge in [0.05, 0.1) is 0 Å². The van der Waals surface area contributed by atoms with Crippen molar-refractivity contribution < 1.29 is 0 Å². The maximum Gasteiger partial charge on any atom is 0.255 e. The smallest absolute Gasteiger partial charge is 0.255 e. The van der Waals surface area contributed by atoms with E-state index in [1.165, 1.54) is 36.9 Å². The number of halogens is 1. The van der Waals surface area contributed by atoms with Gasteiger partial charge in [0.15, 0.2) is 0 Å². The Morgan fingerprint density at radius 2 is 2.06 bits per heavy atom. The summed E-state index contributed by atoms with van der Waals surface area (Å²) < 4.78 is 2.10. The summed E-state index contributed by atoms with van der Waals surface area (Å²) in [6, 6.07) is 2.64. The third kappa shape index (κ3) is 1.65. The maximum atomic E-state index is 12.3. The lowest BCUT2D eigenvalue weighted by Crippen LogP contribution is -2.28. The van der Waals surface area contributed by atoms with Gasteiger partial charge in [0.1, 0.15) is 0 Å². The van der Waals surface area contributed by atoms with Gasteiger partial charge in [-0.15, -0.1) is 0 Å². The van der Waals surface area contributed by atoms with Crippen molar-refractivity contribution in [3.63, 3.8) is 0 Å². The van der Waals surface area contributed by atoms with Gasteiger partial charge in [-0.1, -0.05) is 15.9 Å². The molecule has 1 heterocycles. The van der Waals surface area contributed by atoms with Crippen LogP contribution in [0.1, 0.15) is 48.5 Å². The van der Waals surface area contributed by atoms with Crippen molar-refractivity contribution in [1.82, 2.24) is 4.57 Å². The number of rotatable bonds is 2. The molecule has 1 saturated carbocycles. The summed E-state index contributed by atoms with van der Waals surface area (Å²) in [5.41, 5.74) is 3.95. The largest absolute Gasteiger partial charge is 0.309 e. The van der Waals surface area contributed by atoms with Crippen LogP contribution in [-0.4, -0.2) is 4.57 Å². The molecule has 0 atom stereocenters. The van der Waals surface area contributed by atoms with Crippen molar-refractivity contribution in [3.8, 4) is 0 Å². The molecule has 0 N–H and O–H groups in total. The highest BCUT2D eigenvalue weighted by Gasteiger charge is 2.29. The summed E-state index contributed by atoms with van der Waals surface area (Å²) >= 11 is 3.43. The summed E-state index contributed by atoms with van der Waals surface area (Å²) in [5.74, 6) is 0. The Kier molecular flexibility index (Phi) is 2.66. The molecule has 1 aromatic heterocycles. The first-order chi connectivity index (χ1) is 7.81. The zero-order valence-electron chi connectivity index (χ0n) is 9.34. The van der Waals surface area contributed by atoms with Crippen LogP contribution in [0.4, 0.5) is 0 Å². The van der Waals surface area contributed by atoms with Crippen LogP contribution in [0.2, 0.25) is 0 Å². The first-order valence-electron chi connectivity index (χ1n) is 6.13. The van der Waals surface area contributed by atoms with E-state index in [-0.39, 0.29) is 5.56 Å². The van der Waals surface area contributed by atoms with Crippen LogP contribution < -0.4 is 5.56 Å². The van der Waals surface area contributed by atoms with Gasteiger partial charge in [-0.25, -0.2) is 0 Å². The quantitative estimate of drug-likeness (QED) is 0.764. The molecule has 2 aliphatic carbocycles. The molecule has 2 nitrogen and oxygen atoms in total. The van der Waals surface area contributed by atoms with Crippen LogP contribution in [-0.2, 0) is 18.2 Å². The van der Waals surface area contributed by atoms with E-state index in [0.717, 1.165) is 18.4 Å². The highest BCUT2D eigenvalue weighted by molar-refractivity contribution is 9.08. The molecule has 0 radical (unpaired) electrons. The molecule has 2 aliphatic rings. The topological polar surface area (TPSA) is 22.0 Å². The fourth-order valence-electron chi connectivity index (χ4n) is 2.71. The van der Waals surface area contributed by atoms with Gasteiger partial charge in [0.2, 0.25) is 0 Å². The first kappa shape index (κ1) is 10.6. The monoisotopic (exact) mass is 281 g/mol. The summed E-state index contributed by atoms with van der Waals surface area (Å²) in [6.45, 7) is 0. The molecule has 3 heteroatoms. The molecule has 86 valence electrons. The van der Waals surface area contributed by atoms with Crippen molar-refractivity contribution >= 4 is 15.9 Å². The van der Waals surface area contributed by atoms with Crippen molar-refractivity contribution in [2.75, 3.05) is 0 Å². The summed E-state index contributed by atoms with van der Waals surface area (Å²) in [7, 11) is 0. The summed E-state index contributed by atoms with van der Waals surface area (Å²) in [4.78, 5) is 12.3. The normalized spacial score (nSPS) is 19.6. The van der Waals surface area contributed by atoms with Crippen molar-refractivity contribution in [2.45, 2.75) is 49.9 Å². The minimum absolute atomic E-state index is 0.250. The standard InChI is InChI=1S/C13H16BrNO/c14-8-10-7-9-3-1-2-4-12(9)15(13(10)16)11-5-6-11/h7,11H,1-6,8H2. The van der Waals surface area contributed by atoms with Gasteiger partial charge in [0, 0.05) is 22.6 Å². The van der Waals surface area contributed by atoms with E-state index < -0.39 is 0 Å². The number of aryl methyl sites for hydroxylation is 1. The van der Waals surface area contributed by atoms with E-state index in [4.69, 9.17) is 0 Å². The van der Waals surface area contributed by atoms with Gasteiger partial charge in [-0.3, -0.25) is 4.79 Å². The summed E-state index contributed by atoms with van der Waals surface area (Å²) in [5, 5.41) is 0.686. The second kappa shape index (κ2) is 4.02. The number of aromatic nitrogens is 1. The fraction of sp³-hybridized carbons (Fsp3) is 0.615. The van der Waals surface area contributed by atoms with Gasteiger partial charge in [0.25, 0.3) is 5.56 Å². The Labute approximate surface area is 104 Å². The van der Waals surface area contributed by atoms with Crippen molar-refractivity contribution in [3.05, 3.63) is 33.2 Å². The number of nitrogens with zero attached hydrogens (tertiary/aromatic N) is 1. The van der Waals surface area contributed by atoms with Gasteiger partial charge in [-0.05, 0) is 50.2 Å². The van der Waals surface area contributed by atoms with Crippen LogP contribution in [0.3, 0.4) is 0 Å². The number of alkyl halides is 1. The molecule has 0 amide bonds. The van der Waals surface area contributed by atoms with E-state index in [1.807, 2.05) is 0 Å². The van der Waals surface area contributed by atoms with Gasteiger partial charge >= 0.3 is 0 Å². The lowest BCUT2D eigenvalue weighted by molar-refractivity contribution is 0.580. The van der Waals surface area contributed by atoms with Crippen LogP contribution in [0.15, 0.2) is 10.9 Å². The molecule has 0 aromatic carbocycles. The number of hydrogen-bond acceptors (Lipinski definition) is 1. The molecule has 0 aliphatic heterocycles. The summed E-state index contributed by atoms with van der Waals surface area (Å²) in [6.07, 6.45) is 7.16. The van der Waals surface area contributed by atoms with E-state index in [9.17, 15) is 4.79 Å². The van der Waals surface area contributed by atoms with E-state index >= 15 is 0 Å². The zero-order chi connectivity index (χ0) is 11.1. The van der Waals surface area contributed by atoms with Crippen LogP contribution >= 0.6 is 15.9 Å². The Morgan fingerprint density at radius 1 is 1.31 bits per heavy atom. The van der Waals surface area contributed by atoms with E-state index in [2.05, 4.69) is 26.6 Å². The van der Waals surface area contributed by atoms with E-state index in [1.54, 1.807) is 0 Å². The van der Waals surface area contributed by atoms with Crippen molar-refractivity contribution in [2.24, 2.45) is 0 Å².